The maximum absolute atomic E-state index is 12.5. The fourth-order valence-corrected chi connectivity index (χ4v) is 2.23. The molecule has 0 saturated carbocycles. The number of benzene rings is 1. The van der Waals surface area contributed by atoms with Gasteiger partial charge in [0.05, 0.1) is 5.69 Å². The summed E-state index contributed by atoms with van der Waals surface area (Å²) in [6.07, 6.45) is 0. The van der Waals surface area contributed by atoms with E-state index < -0.39 is 11.9 Å². The van der Waals surface area contributed by atoms with E-state index in [0.717, 1.165) is 0 Å². The zero-order chi connectivity index (χ0) is 16.1. The summed E-state index contributed by atoms with van der Waals surface area (Å²) in [5.74, 6) is -0.148. The van der Waals surface area contributed by atoms with Crippen molar-refractivity contribution in [3.8, 4) is 5.75 Å². The van der Waals surface area contributed by atoms with E-state index in [2.05, 4.69) is 36.3 Å². The molecule has 8 nitrogen and oxygen atoms in total. The molecule has 0 aliphatic carbocycles. The van der Waals surface area contributed by atoms with Crippen LogP contribution in [0.5, 0.6) is 5.75 Å². The quantitative estimate of drug-likeness (QED) is 0.294. The van der Waals surface area contributed by atoms with Crippen LogP contribution in [0, 0.1) is 0 Å². The van der Waals surface area contributed by atoms with E-state index in [1.807, 2.05) is 12.1 Å². The minimum absolute atomic E-state index is 0.0362. The van der Waals surface area contributed by atoms with Gasteiger partial charge in [-0.25, -0.2) is 0 Å². The lowest BCUT2D eigenvalue weighted by Gasteiger charge is -2.20. The van der Waals surface area contributed by atoms with Gasteiger partial charge in [0, 0.05) is 30.2 Å². The number of hydrogen-bond donors (Lipinski definition) is 3. The maximum Gasteiger partial charge on any atom is 0.288 e. The third kappa shape index (κ3) is 3.37. The molecule has 0 bridgehead atoms. The number of carbonyl (C=O) groups is 2. The average molecular weight is 370 g/mol. The molecule has 0 spiro atoms. The monoisotopic (exact) mass is 369 g/mol. The van der Waals surface area contributed by atoms with Crippen molar-refractivity contribution in [2.24, 2.45) is 4.99 Å². The largest absolute Gasteiger partial charge is 0.489 e. The van der Waals surface area contributed by atoms with Crippen molar-refractivity contribution in [3.63, 3.8) is 0 Å². The van der Waals surface area contributed by atoms with Crippen LogP contribution in [-0.2, 0) is 9.59 Å². The lowest BCUT2D eigenvalue weighted by atomic mass is 10.2. The number of amides is 2. The van der Waals surface area contributed by atoms with Crippen molar-refractivity contribution in [2.45, 2.75) is 6.04 Å². The van der Waals surface area contributed by atoms with Crippen molar-refractivity contribution in [1.29, 1.82) is 0 Å². The molecule has 0 aromatic heterocycles. The predicted molar refractivity (Wildman–Crippen MR) is 85.8 cm³/mol. The summed E-state index contributed by atoms with van der Waals surface area (Å²) in [6.45, 7) is 0.0463. The molecule has 9 heteroatoms. The van der Waals surface area contributed by atoms with Gasteiger partial charge in [0.1, 0.15) is 18.4 Å². The molecule has 2 rings (SSSR count). The van der Waals surface area contributed by atoms with Gasteiger partial charge >= 0.3 is 0 Å². The van der Waals surface area contributed by atoms with E-state index in [9.17, 15) is 9.59 Å². The molecule has 3 N–H and O–H groups in total. The molecule has 1 atom stereocenters. The number of halogens is 1. The third-order valence-corrected chi connectivity index (χ3v) is 3.37. The normalized spacial score (nSPS) is 18.1. The molecule has 1 aromatic rings. The van der Waals surface area contributed by atoms with Gasteiger partial charge in [-0.05, 0) is 12.1 Å². The number of rotatable bonds is 2. The fraction of sp³-hybridized carbons (Fsp3) is 0.308. The Hall–Kier alpha value is -2.13. The molecule has 1 aromatic carbocycles. The molecule has 22 heavy (non-hydrogen) atoms. The van der Waals surface area contributed by atoms with Crippen molar-refractivity contribution in [1.82, 2.24) is 15.2 Å². The van der Waals surface area contributed by atoms with Gasteiger partial charge in [0.25, 0.3) is 11.8 Å². The van der Waals surface area contributed by atoms with Crippen molar-refractivity contribution in [3.05, 3.63) is 24.3 Å². The van der Waals surface area contributed by atoms with E-state index in [1.54, 1.807) is 19.2 Å². The maximum atomic E-state index is 12.5. The number of ether oxygens (including phenoxy) is 1. The highest BCUT2D eigenvalue weighted by molar-refractivity contribution is 9.08. The summed E-state index contributed by atoms with van der Waals surface area (Å²) in [4.78, 5) is 29.8. The zero-order valence-corrected chi connectivity index (χ0v) is 13.7. The highest BCUT2D eigenvalue weighted by atomic mass is 79.9. The molecule has 0 fully saturated rings. The van der Waals surface area contributed by atoms with Crippen LogP contribution in [0.2, 0.25) is 0 Å². The molecule has 0 saturated heterocycles. The minimum Gasteiger partial charge on any atom is -0.489 e. The van der Waals surface area contributed by atoms with Gasteiger partial charge in [-0.3, -0.25) is 20.0 Å². The zero-order valence-electron chi connectivity index (χ0n) is 12.1. The Bertz CT molecular complexity index is 607. The number of aliphatic imine (C=N–C) groups is 1. The number of fused-ring (bicyclic) bond motifs is 1. The Balaban J connectivity index is 2.14. The Labute approximate surface area is 136 Å². The second-order valence-electron chi connectivity index (χ2n) is 4.49. The minimum atomic E-state index is -0.807. The molecular formula is C13H16BrN5O3. The molecule has 118 valence electrons. The summed E-state index contributed by atoms with van der Waals surface area (Å²) in [7, 11) is 3.10. The topological polar surface area (TPSA) is 95.1 Å². The second kappa shape index (κ2) is 7.23. The summed E-state index contributed by atoms with van der Waals surface area (Å²) in [5, 5.41) is 2.60. The summed E-state index contributed by atoms with van der Waals surface area (Å²) in [6, 6.07) is 6.39. The molecule has 2 amide bonds. The van der Waals surface area contributed by atoms with Crippen LogP contribution >= 0.6 is 16.1 Å². The van der Waals surface area contributed by atoms with E-state index in [0.29, 0.717) is 11.4 Å². The summed E-state index contributed by atoms with van der Waals surface area (Å²) in [5.41, 5.74) is 3.18. The third-order valence-electron chi connectivity index (χ3n) is 3.17. The standard InChI is InChI=1S/C13H16BrN5O3/c1-15-11(17-18-14)12(20)16-8-7-22-10-6-4-3-5-9(10)19(2)13(8)21/h3-6,8,18H,7H2,1-2H3,(H,15,17)(H,16,20)/t8-/m0/s1. The number of anilines is 1. The number of para-hydroxylation sites is 2. The predicted octanol–water partition coefficient (Wildman–Crippen LogP) is -0.0410. The number of hydrogen-bond acceptors (Lipinski definition) is 5. The first-order chi connectivity index (χ1) is 10.6. The van der Waals surface area contributed by atoms with Gasteiger partial charge in [0.2, 0.25) is 5.84 Å². The number of likely N-dealkylation sites (N-methyl/N-ethyl adjacent to an activating group) is 1. The number of amidine groups is 1. The summed E-state index contributed by atoms with van der Waals surface area (Å²) >= 11 is 2.92. The Morgan fingerprint density at radius 3 is 2.86 bits per heavy atom. The molecular weight excluding hydrogens is 354 g/mol. The van der Waals surface area contributed by atoms with Crippen LogP contribution in [-0.4, -0.2) is 44.4 Å². The van der Waals surface area contributed by atoms with Crippen LogP contribution in [0.15, 0.2) is 29.3 Å². The Morgan fingerprint density at radius 1 is 1.45 bits per heavy atom. The second-order valence-corrected chi connectivity index (χ2v) is 4.89. The van der Waals surface area contributed by atoms with Gasteiger partial charge in [-0.2, -0.15) is 4.45 Å². The van der Waals surface area contributed by atoms with Gasteiger partial charge < -0.3 is 15.0 Å². The van der Waals surface area contributed by atoms with Gasteiger partial charge in [0.15, 0.2) is 0 Å². The summed E-state index contributed by atoms with van der Waals surface area (Å²) < 4.78 is 8.04. The SMILES string of the molecule is CN=C(NNBr)C(=O)N[C@H]1COc2ccccc2N(C)C1=O. The molecule has 0 unspecified atom stereocenters. The van der Waals surface area contributed by atoms with Crippen molar-refractivity contribution < 1.29 is 14.3 Å². The van der Waals surface area contributed by atoms with Crippen LogP contribution < -0.4 is 24.8 Å². The highest BCUT2D eigenvalue weighted by Crippen LogP contribution is 2.29. The van der Waals surface area contributed by atoms with Gasteiger partial charge in [-0.1, -0.05) is 12.1 Å². The molecule has 0 radical (unpaired) electrons. The van der Waals surface area contributed by atoms with Gasteiger partial charge in [-0.15, -0.1) is 0 Å². The van der Waals surface area contributed by atoms with Crippen LogP contribution in [0.4, 0.5) is 5.69 Å². The lowest BCUT2D eigenvalue weighted by molar-refractivity contribution is -0.125. The number of nitrogens with one attached hydrogen (secondary N) is 3. The Kier molecular flexibility index (Phi) is 5.34. The lowest BCUT2D eigenvalue weighted by Crippen LogP contribution is -2.53. The van der Waals surface area contributed by atoms with E-state index in [-0.39, 0.29) is 18.3 Å². The van der Waals surface area contributed by atoms with Crippen LogP contribution in [0.1, 0.15) is 0 Å². The van der Waals surface area contributed by atoms with E-state index in [1.165, 1.54) is 11.9 Å². The van der Waals surface area contributed by atoms with Crippen molar-refractivity contribution in [2.75, 3.05) is 25.6 Å². The first kappa shape index (κ1) is 16.2. The fourth-order valence-electron chi connectivity index (χ4n) is 2.04. The average Bonchev–Trinajstić information content (AvgIpc) is 2.65. The number of hydrazine groups is 1. The molecule has 1 heterocycles. The first-order valence-electron chi connectivity index (χ1n) is 6.47. The number of carbonyl (C=O) groups excluding carboxylic acids is 2. The molecule has 1 aliphatic rings. The van der Waals surface area contributed by atoms with E-state index in [4.69, 9.17) is 4.74 Å². The van der Waals surface area contributed by atoms with Crippen LogP contribution in [0.3, 0.4) is 0 Å². The molecule has 1 aliphatic heterocycles. The smallest absolute Gasteiger partial charge is 0.288 e. The Morgan fingerprint density at radius 2 is 2.18 bits per heavy atom. The van der Waals surface area contributed by atoms with Crippen molar-refractivity contribution >= 4 is 39.5 Å². The van der Waals surface area contributed by atoms with E-state index >= 15 is 0 Å². The first-order valence-corrected chi connectivity index (χ1v) is 7.26. The number of nitrogens with zero attached hydrogens (tertiary/aromatic N) is 2. The highest BCUT2D eigenvalue weighted by Gasteiger charge is 2.31. The van der Waals surface area contributed by atoms with Crippen LogP contribution in [0.25, 0.3) is 0 Å².